The molecule has 33 heavy (non-hydrogen) atoms. The van der Waals surface area contributed by atoms with Crippen molar-refractivity contribution >= 4 is 32.9 Å². The lowest BCUT2D eigenvalue weighted by Gasteiger charge is -2.34. The molecule has 1 aromatic heterocycles. The molecule has 2 atom stereocenters. The monoisotopic (exact) mass is 476 g/mol. The van der Waals surface area contributed by atoms with Crippen molar-refractivity contribution in [1.82, 2.24) is 19.1 Å². The van der Waals surface area contributed by atoms with Gasteiger partial charge >= 0.3 is 6.09 Å². The first-order chi connectivity index (χ1) is 15.7. The summed E-state index contributed by atoms with van der Waals surface area (Å²) < 4.78 is 33.1. The minimum atomic E-state index is -3.60. The maximum Gasteiger partial charge on any atom is 0.409 e. The van der Waals surface area contributed by atoms with Gasteiger partial charge in [-0.1, -0.05) is 13.8 Å². The van der Waals surface area contributed by atoms with Crippen LogP contribution in [0.5, 0.6) is 0 Å². The fraction of sp³-hybridized carbons (Fsp3) is 0.565. The number of ether oxygens (including phenoxy) is 1. The maximum atomic E-state index is 13.2. The number of piperidine rings is 1. The van der Waals surface area contributed by atoms with E-state index in [1.807, 2.05) is 0 Å². The predicted molar refractivity (Wildman–Crippen MR) is 125 cm³/mol. The first-order valence-electron chi connectivity index (χ1n) is 11.5. The van der Waals surface area contributed by atoms with E-state index in [1.165, 1.54) is 0 Å². The second-order valence-corrected chi connectivity index (χ2v) is 11.1. The quantitative estimate of drug-likeness (QED) is 0.731. The van der Waals surface area contributed by atoms with Crippen molar-refractivity contribution < 1.29 is 22.7 Å². The summed E-state index contributed by atoms with van der Waals surface area (Å²) >= 11 is 0. The summed E-state index contributed by atoms with van der Waals surface area (Å²) in [5.74, 6) is 0.485. The molecule has 4 rings (SSSR count). The summed E-state index contributed by atoms with van der Waals surface area (Å²) in [6, 6.07) is 6.66. The molecule has 2 aromatic rings. The standard InChI is InChI=1S/C23H32N4O5S/c1-4-32-23(29)26-9-7-25(8-10-26)22(28)21-13-18-12-19(5-6-20(18)24-21)33(30,31)27-14-16(2)11-17(3)15-27/h5-6,12-13,16-17,24H,4,7-11,14-15H2,1-3H3. The van der Waals surface area contributed by atoms with E-state index in [2.05, 4.69) is 18.8 Å². The lowest BCUT2D eigenvalue weighted by molar-refractivity contribution is 0.0566. The molecule has 2 amide bonds. The van der Waals surface area contributed by atoms with Crippen LogP contribution in [0, 0.1) is 11.8 Å². The number of hydrogen-bond acceptors (Lipinski definition) is 5. The van der Waals surface area contributed by atoms with Gasteiger partial charge in [-0.2, -0.15) is 4.31 Å². The van der Waals surface area contributed by atoms with E-state index >= 15 is 0 Å². The molecule has 0 saturated carbocycles. The third-order valence-electron chi connectivity index (χ3n) is 6.39. The molecule has 2 fully saturated rings. The molecule has 2 aliphatic heterocycles. The number of hydrogen-bond donors (Lipinski definition) is 1. The molecule has 2 unspecified atom stereocenters. The smallest absolute Gasteiger partial charge is 0.409 e. The molecule has 2 aliphatic rings. The third kappa shape index (κ3) is 4.86. The van der Waals surface area contributed by atoms with Gasteiger partial charge < -0.3 is 19.5 Å². The number of carbonyl (C=O) groups is 2. The van der Waals surface area contributed by atoms with Gasteiger partial charge in [-0.3, -0.25) is 4.79 Å². The van der Waals surface area contributed by atoms with Gasteiger partial charge in [-0.25, -0.2) is 13.2 Å². The number of aromatic nitrogens is 1. The maximum absolute atomic E-state index is 13.2. The Kier molecular flexibility index (Phi) is 6.67. The van der Waals surface area contributed by atoms with Crippen LogP contribution in [0.1, 0.15) is 37.7 Å². The van der Waals surface area contributed by atoms with Crippen molar-refractivity contribution in [2.45, 2.75) is 32.1 Å². The van der Waals surface area contributed by atoms with Gasteiger partial charge in [0.25, 0.3) is 5.91 Å². The molecule has 10 heteroatoms. The van der Waals surface area contributed by atoms with Crippen LogP contribution in [0.25, 0.3) is 10.9 Å². The summed E-state index contributed by atoms with van der Waals surface area (Å²) in [6.45, 7) is 8.96. The van der Waals surface area contributed by atoms with E-state index in [0.717, 1.165) is 6.42 Å². The van der Waals surface area contributed by atoms with Crippen molar-refractivity contribution in [2.75, 3.05) is 45.9 Å². The molecule has 0 radical (unpaired) electrons. The van der Waals surface area contributed by atoms with E-state index < -0.39 is 10.0 Å². The van der Waals surface area contributed by atoms with Crippen LogP contribution in [-0.2, 0) is 14.8 Å². The minimum absolute atomic E-state index is 0.169. The Balaban J connectivity index is 1.49. The normalized spacial score (nSPS) is 22.5. The highest BCUT2D eigenvalue weighted by Gasteiger charge is 2.32. The number of H-pyrrole nitrogens is 1. The fourth-order valence-electron chi connectivity index (χ4n) is 4.81. The first kappa shape index (κ1) is 23.6. The zero-order valence-electron chi connectivity index (χ0n) is 19.4. The summed E-state index contributed by atoms with van der Waals surface area (Å²) in [7, 11) is -3.60. The lowest BCUT2D eigenvalue weighted by atomic mass is 9.94. The van der Waals surface area contributed by atoms with Gasteiger partial charge in [0.15, 0.2) is 0 Å². The van der Waals surface area contributed by atoms with Crippen molar-refractivity contribution in [1.29, 1.82) is 0 Å². The van der Waals surface area contributed by atoms with E-state index in [-0.39, 0.29) is 16.9 Å². The summed E-state index contributed by atoms with van der Waals surface area (Å²) in [4.78, 5) is 31.5. The van der Waals surface area contributed by atoms with Crippen molar-refractivity contribution in [2.24, 2.45) is 11.8 Å². The Labute approximate surface area is 194 Å². The number of aromatic amines is 1. The van der Waals surface area contributed by atoms with E-state index in [1.54, 1.807) is 45.3 Å². The zero-order chi connectivity index (χ0) is 23.8. The molecule has 1 aromatic carbocycles. The molecule has 9 nitrogen and oxygen atoms in total. The van der Waals surface area contributed by atoms with Crippen LogP contribution >= 0.6 is 0 Å². The molecule has 3 heterocycles. The van der Waals surface area contributed by atoms with Crippen LogP contribution in [0.4, 0.5) is 4.79 Å². The number of benzene rings is 1. The van der Waals surface area contributed by atoms with Crippen molar-refractivity contribution in [3.63, 3.8) is 0 Å². The highest BCUT2D eigenvalue weighted by molar-refractivity contribution is 7.89. The molecular formula is C23H32N4O5S. The van der Waals surface area contributed by atoms with Gasteiger partial charge in [0.05, 0.1) is 11.5 Å². The number of amides is 2. The van der Waals surface area contributed by atoms with Gasteiger partial charge in [0.2, 0.25) is 10.0 Å². The largest absolute Gasteiger partial charge is 0.450 e. The van der Waals surface area contributed by atoms with Crippen molar-refractivity contribution in [3.05, 3.63) is 30.0 Å². The molecule has 2 saturated heterocycles. The Morgan fingerprint density at radius 2 is 1.67 bits per heavy atom. The van der Waals surface area contributed by atoms with Crippen LogP contribution in [0.2, 0.25) is 0 Å². The average Bonchev–Trinajstić information content (AvgIpc) is 3.21. The van der Waals surface area contributed by atoms with Crippen LogP contribution in [-0.4, -0.2) is 85.4 Å². The number of nitrogens with zero attached hydrogens (tertiary/aromatic N) is 3. The Hall–Kier alpha value is -2.59. The molecule has 0 aliphatic carbocycles. The van der Waals surface area contributed by atoms with Gasteiger partial charge in [0.1, 0.15) is 5.69 Å². The summed E-state index contributed by atoms with van der Waals surface area (Å²) in [5, 5.41) is 0.683. The predicted octanol–water partition coefficient (Wildman–Crippen LogP) is 2.75. The van der Waals surface area contributed by atoms with E-state index in [4.69, 9.17) is 4.74 Å². The average molecular weight is 477 g/mol. The second kappa shape index (κ2) is 9.34. The second-order valence-electron chi connectivity index (χ2n) is 9.18. The minimum Gasteiger partial charge on any atom is -0.450 e. The summed E-state index contributed by atoms with van der Waals surface area (Å²) in [5.41, 5.74) is 1.12. The highest BCUT2D eigenvalue weighted by atomic mass is 32.2. The molecule has 1 N–H and O–H groups in total. The Bertz CT molecular complexity index is 1130. The number of fused-ring (bicyclic) bond motifs is 1. The third-order valence-corrected chi connectivity index (χ3v) is 8.22. The lowest BCUT2D eigenvalue weighted by Crippen LogP contribution is -2.50. The van der Waals surface area contributed by atoms with Crippen LogP contribution in [0.3, 0.4) is 0 Å². The Morgan fingerprint density at radius 3 is 2.30 bits per heavy atom. The zero-order valence-corrected chi connectivity index (χ0v) is 20.2. The number of sulfonamides is 1. The number of nitrogens with one attached hydrogen (secondary N) is 1. The first-order valence-corrected chi connectivity index (χ1v) is 13.0. The molecular weight excluding hydrogens is 444 g/mol. The Morgan fingerprint density at radius 1 is 1.03 bits per heavy atom. The number of rotatable bonds is 4. The van der Waals surface area contributed by atoms with Gasteiger partial charge in [-0.05, 0) is 49.4 Å². The van der Waals surface area contributed by atoms with E-state index in [9.17, 15) is 18.0 Å². The molecule has 0 bridgehead atoms. The fourth-order valence-corrected chi connectivity index (χ4v) is 6.53. The summed E-state index contributed by atoms with van der Waals surface area (Å²) in [6.07, 6.45) is 0.670. The van der Waals surface area contributed by atoms with Crippen LogP contribution in [0.15, 0.2) is 29.2 Å². The topological polar surface area (TPSA) is 103 Å². The van der Waals surface area contributed by atoms with Gasteiger partial charge in [-0.15, -0.1) is 0 Å². The van der Waals surface area contributed by atoms with Crippen LogP contribution < -0.4 is 0 Å². The molecule has 180 valence electrons. The SMILES string of the molecule is CCOC(=O)N1CCN(C(=O)c2cc3cc(S(=O)(=O)N4CC(C)CC(C)C4)ccc3[nH]2)CC1. The molecule has 0 spiro atoms. The van der Waals surface area contributed by atoms with E-state index in [0.29, 0.717) is 74.3 Å². The number of piperazine rings is 1. The number of carbonyl (C=O) groups excluding carboxylic acids is 2. The van der Waals surface area contributed by atoms with Crippen molar-refractivity contribution in [3.8, 4) is 0 Å². The highest BCUT2D eigenvalue weighted by Crippen LogP contribution is 2.28. The van der Waals surface area contributed by atoms with Gasteiger partial charge in [0, 0.05) is 50.2 Å².